The number of nitrogens with zero attached hydrogens (tertiary/aromatic N) is 2. The summed E-state index contributed by atoms with van der Waals surface area (Å²) in [6.45, 7) is 2.18. The molecule has 19 heavy (non-hydrogen) atoms. The SMILES string of the molecule is CN1CCC(Nc2c(N)cnc3ccc(Br)cc23)C1. The minimum absolute atomic E-state index is 0.455. The van der Waals surface area contributed by atoms with Gasteiger partial charge in [-0.1, -0.05) is 15.9 Å². The molecule has 0 aliphatic carbocycles. The minimum atomic E-state index is 0.455. The van der Waals surface area contributed by atoms with Crippen LogP contribution < -0.4 is 11.1 Å². The van der Waals surface area contributed by atoms with Crippen molar-refractivity contribution >= 4 is 38.2 Å². The Bertz CT molecular complexity index is 608. The molecule has 1 unspecified atom stereocenters. The first-order valence-electron chi connectivity index (χ1n) is 6.42. The van der Waals surface area contributed by atoms with Crippen LogP contribution in [0.4, 0.5) is 11.4 Å². The van der Waals surface area contributed by atoms with Crippen molar-refractivity contribution < 1.29 is 0 Å². The van der Waals surface area contributed by atoms with Gasteiger partial charge < -0.3 is 16.0 Å². The van der Waals surface area contributed by atoms with Crippen molar-refractivity contribution in [2.24, 2.45) is 0 Å². The maximum absolute atomic E-state index is 6.10. The van der Waals surface area contributed by atoms with Crippen LogP contribution in [0, 0.1) is 0 Å². The van der Waals surface area contributed by atoms with Crippen LogP contribution in [0.2, 0.25) is 0 Å². The van der Waals surface area contributed by atoms with Crippen molar-refractivity contribution in [1.29, 1.82) is 0 Å². The van der Waals surface area contributed by atoms with Crippen LogP contribution in [0.5, 0.6) is 0 Å². The van der Waals surface area contributed by atoms with Gasteiger partial charge in [-0.15, -0.1) is 0 Å². The van der Waals surface area contributed by atoms with E-state index in [1.54, 1.807) is 6.20 Å². The molecule has 1 aliphatic rings. The van der Waals surface area contributed by atoms with Gasteiger partial charge in [0.1, 0.15) is 0 Å². The van der Waals surface area contributed by atoms with E-state index in [9.17, 15) is 0 Å². The van der Waals surface area contributed by atoms with E-state index in [0.717, 1.165) is 40.6 Å². The zero-order chi connectivity index (χ0) is 13.4. The van der Waals surface area contributed by atoms with Crippen LogP contribution in [0.1, 0.15) is 6.42 Å². The third kappa shape index (κ3) is 2.53. The van der Waals surface area contributed by atoms with Gasteiger partial charge in [0.25, 0.3) is 0 Å². The summed E-state index contributed by atoms with van der Waals surface area (Å²) in [5.41, 5.74) is 8.77. The number of fused-ring (bicyclic) bond motifs is 1. The van der Waals surface area contributed by atoms with Gasteiger partial charge in [-0.3, -0.25) is 4.98 Å². The first-order valence-corrected chi connectivity index (χ1v) is 7.21. The van der Waals surface area contributed by atoms with Gasteiger partial charge in [0.05, 0.1) is 23.1 Å². The Morgan fingerprint density at radius 2 is 2.32 bits per heavy atom. The zero-order valence-corrected chi connectivity index (χ0v) is 12.4. The molecule has 1 saturated heterocycles. The lowest BCUT2D eigenvalue weighted by Crippen LogP contribution is -2.24. The highest BCUT2D eigenvalue weighted by atomic mass is 79.9. The van der Waals surface area contributed by atoms with Gasteiger partial charge in [0.15, 0.2) is 0 Å². The molecule has 2 aromatic rings. The van der Waals surface area contributed by atoms with Crippen molar-refractivity contribution in [2.75, 3.05) is 31.2 Å². The van der Waals surface area contributed by atoms with Gasteiger partial charge in [0.2, 0.25) is 0 Å². The van der Waals surface area contributed by atoms with E-state index in [-0.39, 0.29) is 0 Å². The normalized spacial score (nSPS) is 20.0. The summed E-state index contributed by atoms with van der Waals surface area (Å²) in [7, 11) is 2.15. The summed E-state index contributed by atoms with van der Waals surface area (Å²) in [5.74, 6) is 0. The molecule has 2 heterocycles. The number of likely N-dealkylation sites (N-methyl/N-ethyl adjacent to an activating group) is 1. The van der Waals surface area contributed by atoms with E-state index in [1.807, 2.05) is 12.1 Å². The van der Waals surface area contributed by atoms with Gasteiger partial charge in [0, 0.05) is 22.4 Å². The van der Waals surface area contributed by atoms with Crippen molar-refractivity contribution in [3.05, 3.63) is 28.9 Å². The minimum Gasteiger partial charge on any atom is -0.396 e. The van der Waals surface area contributed by atoms with E-state index in [4.69, 9.17) is 5.73 Å². The number of benzene rings is 1. The third-order valence-electron chi connectivity index (χ3n) is 3.60. The second-order valence-electron chi connectivity index (χ2n) is 5.14. The van der Waals surface area contributed by atoms with E-state index < -0.39 is 0 Å². The molecule has 0 radical (unpaired) electrons. The van der Waals surface area contributed by atoms with Crippen LogP contribution in [-0.4, -0.2) is 36.1 Å². The van der Waals surface area contributed by atoms with Crippen molar-refractivity contribution in [3.8, 4) is 0 Å². The van der Waals surface area contributed by atoms with E-state index in [1.165, 1.54) is 0 Å². The van der Waals surface area contributed by atoms with Crippen LogP contribution >= 0.6 is 15.9 Å². The summed E-state index contributed by atoms with van der Waals surface area (Å²) < 4.78 is 1.04. The summed E-state index contributed by atoms with van der Waals surface area (Å²) in [4.78, 5) is 6.70. The highest BCUT2D eigenvalue weighted by molar-refractivity contribution is 9.10. The Morgan fingerprint density at radius 1 is 1.47 bits per heavy atom. The van der Waals surface area contributed by atoms with Crippen molar-refractivity contribution in [3.63, 3.8) is 0 Å². The molecule has 1 fully saturated rings. The fourth-order valence-corrected chi connectivity index (χ4v) is 2.96. The molecule has 0 spiro atoms. The van der Waals surface area contributed by atoms with Crippen molar-refractivity contribution in [1.82, 2.24) is 9.88 Å². The fourth-order valence-electron chi connectivity index (χ4n) is 2.60. The molecule has 0 bridgehead atoms. The molecule has 1 aromatic heterocycles. The van der Waals surface area contributed by atoms with Gasteiger partial charge in [-0.05, 0) is 38.2 Å². The highest BCUT2D eigenvalue weighted by Crippen LogP contribution is 2.31. The monoisotopic (exact) mass is 320 g/mol. The molecule has 3 rings (SSSR count). The van der Waals surface area contributed by atoms with Gasteiger partial charge >= 0.3 is 0 Å². The van der Waals surface area contributed by atoms with Gasteiger partial charge in [-0.25, -0.2) is 0 Å². The Kier molecular flexibility index (Phi) is 3.33. The third-order valence-corrected chi connectivity index (χ3v) is 4.09. The fraction of sp³-hybridized carbons (Fsp3) is 0.357. The second-order valence-corrected chi connectivity index (χ2v) is 6.06. The Balaban J connectivity index is 2.01. The zero-order valence-electron chi connectivity index (χ0n) is 10.9. The highest BCUT2D eigenvalue weighted by Gasteiger charge is 2.20. The maximum Gasteiger partial charge on any atom is 0.0743 e. The number of nitrogens with one attached hydrogen (secondary N) is 1. The van der Waals surface area contributed by atoms with E-state index >= 15 is 0 Å². The molecule has 1 aromatic carbocycles. The Labute approximate surface area is 121 Å². The predicted molar refractivity (Wildman–Crippen MR) is 83.4 cm³/mol. The number of nitrogen functional groups attached to an aromatic ring is 1. The largest absolute Gasteiger partial charge is 0.396 e. The van der Waals surface area contributed by atoms with Crippen LogP contribution in [-0.2, 0) is 0 Å². The number of hydrogen-bond acceptors (Lipinski definition) is 4. The van der Waals surface area contributed by atoms with E-state index in [0.29, 0.717) is 11.7 Å². The average molecular weight is 321 g/mol. The summed E-state index contributed by atoms with van der Waals surface area (Å²) in [6.07, 6.45) is 2.88. The first-order chi connectivity index (χ1) is 9.13. The van der Waals surface area contributed by atoms with Crippen molar-refractivity contribution in [2.45, 2.75) is 12.5 Å². The summed E-state index contributed by atoms with van der Waals surface area (Å²) >= 11 is 3.51. The summed E-state index contributed by atoms with van der Waals surface area (Å²) in [5, 5.41) is 4.66. The molecule has 4 nitrogen and oxygen atoms in total. The summed E-state index contributed by atoms with van der Waals surface area (Å²) in [6, 6.07) is 6.53. The topological polar surface area (TPSA) is 54.2 Å². The van der Waals surface area contributed by atoms with Crippen LogP contribution in [0.3, 0.4) is 0 Å². The number of likely N-dealkylation sites (tertiary alicyclic amines) is 1. The number of nitrogens with two attached hydrogens (primary N) is 1. The lowest BCUT2D eigenvalue weighted by atomic mass is 10.1. The molecule has 0 saturated carbocycles. The average Bonchev–Trinajstić information content (AvgIpc) is 2.79. The number of halogens is 1. The van der Waals surface area contributed by atoms with E-state index in [2.05, 4.69) is 44.2 Å². The lowest BCUT2D eigenvalue weighted by Gasteiger charge is -2.17. The molecule has 1 aliphatic heterocycles. The smallest absolute Gasteiger partial charge is 0.0743 e. The molecular weight excluding hydrogens is 304 g/mol. The quantitative estimate of drug-likeness (QED) is 0.893. The molecule has 1 atom stereocenters. The van der Waals surface area contributed by atoms with Crippen LogP contribution in [0.25, 0.3) is 10.9 Å². The number of rotatable bonds is 2. The molecule has 0 amide bonds. The predicted octanol–water partition coefficient (Wildman–Crippen LogP) is 2.70. The van der Waals surface area contributed by atoms with Gasteiger partial charge in [-0.2, -0.15) is 0 Å². The number of pyridine rings is 1. The molecule has 5 heteroatoms. The first kappa shape index (κ1) is 12.7. The lowest BCUT2D eigenvalue weighted by molar-refractivity contribution is 0.414. The number of anilines is 2. The second kappa shape index (κ2) is 4.98. The Morgan fingerprint density at radius 3 is 3.05 bits per heavy atom. The maximum atomic E-state index is 6.10. The molecule has 100 valence electrons. The molecule has 3 N–H and O–H groups in total. The number of aromatic nitrogens is 1. The Hall–Kier alpha value is -1.33. The van der Waals surface area contributed by atoms with Crippen LogP contribution in [0.15, 0.2) is 28.9 Å². The standard InChI is InChI=1S/C14H17BrN4/c1-19-5-4-10(8-19)18-14-11-6-9(15)2-3-13(11)17-7-12(14)16/h2-3,6-7,10H,4-5,8,16H2,1H3,(H,17,18). The number of hydrogen-bond donors (Lipinski definition) is 2. The molecular formula is C14H17BrN4.